The molecular weight excluding hydrogens is 202 g/mol. The lowest BCUT2D eigenvalue weighted by atomic mass is 10.0. The Morgan fingerprint density at radius 2 is 2.38 bits per heavy atom. The van der Waals surface area contributed by atoms with E-state index in [4.69, 9.17) is 0 Å². The van der Waals surface area contributed by atoms with Gasteiger partial charge in [0.05, 0.1) is 0 Å². The van der Waals surface area contributed by atoms with Crippen molar-refractivity contribution in [2.45, 2.75) is 45.7 Å². The SMILES string of the molecule is CCn1nccc1C(=O)N1CCCC[C@@H]1C. The molecule has 0 radical (unpaired) electrons. The highest BCUT2D eigenvalue weighted by molar-refractivity contribution is 5.92. The Morgan fingerprint density at radius 1 is 1.56 bits per heavy atom. The van der Waals surface area contributed by atoms with Crippen molar-refractivity contribution in [1.82, 2.24) is 14.7 Å². The number of nitrogens with zero attached hydrogens (tertiary/aromatic N) is 3. The second kappa shape index (κ2) is 4.68. The molecule has 1 atom stereocenters. The van der Waals surface area contributed by atoms with E-state index < -0.39 is 0 Å². The number of rotatable bonds is 2. The van der Waals surface area contributed by atoms with Gasteiger partial charge in [-0.25, -0.2) is 0 Å². The van der Waals surface area contributed by atoms with Gasteiger partial charge in [0.15, 0.2) is 0 Å². The molecule has 1 aliphatic heterocycles. The maximum absolute atomic E-state index is 12.3. The minimum Gasteiger partial charge on any atom is -0.335 e. The molecular formula is C12H19N3O. The van der Waals surface area contributed by atoms with Crippen LogP contribution < -0.4 is 0 Å². The molecule has 2 rings (SSSR count). The van der Waals surface area contributed by atoms with E-state index in [1.54, 1.807) is 10.9 Å². The van der Waals surface area contributed by atoms with Gasteiger partial charge >= 0.3 is 0 Å². The van der Waals surface area contributed by atoms with Gasteiger partial charge in [-0.05, 0) is 39.2 Å². The molecule has 0 spiro atoms. The number of amides is 1. The van der Waals surface area contributed by atoms with Gasteiger partial charge in [-0.15, -0.1) is 0 Å². The van der Waals surface area contributed by atoms with Crippen LogP contribution in [-0.4, -0.2) is 33.2 Å². The van der Waals surface area contributed by atoms with Gasteiger partial charge < -0.3 is 4.90 Å². The second-order valence-corrected chi connectivity index (χ2v) is 4.38. The summed E-state index contributed by atoms with van der Waals surface area (Å²) in [6, 6.07) is 2.18. The van der Waals surface area contributed by atoms with Crippen LogP contribution in [0.5, 0.6) is 0 Å². The fourth-order valence-corrected chi connectivity index (χ4v) is 2.31. The highest BCUT2D eigenvalue weighted by Gasteiger charge is 2.25. The maximum Gasteiger partial charge on any atom is 0.272 e. The largest absolute Gasteiger partial charge is 0.335 e. The van der Waals surface area contributed by atoms with Crippen molar-refractivity contribution in [2.75, 3.05) is 6.54 Å². The third-order valence-corrected chi connectivity index (χ3v) is 3.30. The summed E-state index contributed by atoms with van der Waals surface area (Å²) in [6.45, 7) is 5.76. The minimum absolute atomic E-state index is 0.131. The van der Waals surface area contributed by atoms with Crippen molar-refractivity contribution in [3.63, 3.8) is 0 Å². The fourth-order valence-electron chi connectivity index (χ4n) is 2.31. The van der Waals surface area contributed by atoms with E-state index >= 15 is 0 Å². The molecule has 16 heavy (non-hydrogen) atoms. The Balaban J connectivity index is 2.17. The van der Waals surface area contributed by atoms with Crippen molar-refractivity contribution in [3.05, 3.63) is 18.0 Å². The van der Waals surface area contributed by atoms with E-state index in [2.05, 4.69) is 12.0 Å². The smallest absolute Gasteiger partial charge is 0.272 e. The number of hydrogen-bond acceptors (Lipinski definition) is 2. The van der Waals surface area contributed by atoms with Crippen LogP contribution in [0.2, 0.25) is 0 Å². The van der Waals surface area contributed by atoms with Crippen LogP contribution in [0.25, 0.3) is 0 Å². The molecule has 0 N–H and O–H groups in total. The van der Waals surface area contributed by atoms with Crippen molar-refractivity contribution in [3.8, 4) is 0 Å². The molecule has 1 fully saturated rings. The first-order valence-corrected chi connectivity index (χ1v) is 6.06. The number of carbonyl (C=O) groups is 1. The molecule has 4 heteroatoms. The van der Waals surface area contributed by atoms with Crippen molar-refractivity contribution < 1.29 is 4.79 Å². The molecule has 0 bridgehead atoms. The summed E-state index contributed by atoms with van der Waals surface area (Å²) in [4.78, 5) is 14.3. The van der Waals surface area contributed by atoms with Crippen LogP contribution in [-0.2, 0) is 6.54 Å². The predicted octanol–water partition coefficient (Wildman–Crippen LogP) is 1.92. The first-order chi connectivity index (χ1) is 7.74. The molecule has 1 amide bonds. The summed E-state index contributed by atoms with van der Waals surface area (Å²) in [6.07, 6.45) is 5.17. The first kappa shape index (κ1) is 11.2. The quantitative estimate of drug-likeness (QED) is 0.765. The lowest BCUT2D eigenvalue weighted by Crippen LogP contribution is -2.42. The summed E-state index contributed by atoms with van der Waals surface area (Å²) >= 11 is 0. The molecule has 2 heterocycles. The number of aryl methyl sites for hydroxylation is 1. The zero-order valence-electron chi connectivity index (χ0n) is 10.0. The molecule has 0 aliphatic carbocycles. The topological polar surface area (TPSA) is 38.1 Å². The van der Waals surface area contributed by atoms with Crippen molar-refractivity contribution in [1.29, 1.82) is 0 Å². The lowest BCUT2D eigenvalue weighted by molar-refractivity contribution is 0.0623. The van der Waals surface area contributed by atoms with Crippen LogP contribution in [0.1, 0.15) is 43.6 Å². The van der Waals surface area contributed by atoms with Gasteiger partial charge in [0, 0.05) is 25.3 Å². The number of aromatic nitrogens is 2. The Kier molecular flexibility index (Phi) is 3.27. The number of hydrogen-bond donors (Lipinski definition) is 0. The number of carbonyl (C=O) groups excluding carboxylic acids is 1. The van der Waals surface area contributed by atoms with E-state index in [9.17, 15) is 4.79 Å². The molecule has 4 nitrogen and oxygen atoms in total. The standard InChI is InChI=1S/C12H19N3O/c1-3-15-11(7-8-13-15)12(16)14-9-5-4-6-10(14)2/h7-8,10H,3-6,9H2,1-2H3/t10-/m0/s1. The minimum atomic E-state index is 0.131. The Labute approximate surface area is 96.2 Å². The fraction of sp³-hybridized carbons (Fsp3) is 0.667. The van der Waals surface area contributed by atoms with E-state index in [1.165, 1.54) is 6.42 Å². The predicted molar refractivity (Wildman–Crippen MR) is 62.3 cm³/mol. The molecule has 0 aromatic carbocycles. The highest BCUT2D eigenvalue weighted by atomic mass is 16.2. The molecule has 0 saturated carbocycles. The molecule has 1 aromatic rings. The summed E-state index contributed by atoms with van der Waals surface area (Å²) in [5.41, 5.74) is 0.719. The normalized spacial score (nSPS) is 21.1. The number of piperidine rings is 1. The third kappa shape index (κ3) is 1.96. The van der Waals surface area contributed by atoms with Crippen LogP contribution in [0.3, 0.4) is 0 Å². The zero-order valence-corrected chi connectivity index (χ0v) is 10.0. The van der Waals surface area contributed by atoms with Gasteiger partial charge in [-0.3, -0.25) is 9.48 Å². The van der Waals surface area contributed by atoms with Crippen molar-refractivity contribution in [2.24, 2.45) is 0 Å². The molecule has 1 aromatic heterocycles. The highest BCUT2D eigenvalue weighted by Crippen LogP contribution is 2.18. The lowest BCUT2D eigenvalue weighted by Gasteiger charge is -2.33. The first-order valence-electron chi connectivity index (χ1n) is 6.06. The van der Waals surface area contributed by atoms with Gasteiger partial charge in [-0.2, -0.15) is 5.10 Å². The second-order valence-electron chi connectivity index (χ2n) is 4.38. The Hall–Kier alpha value is -1.32. The summed E-state index contributed by atoms with van der Waals surface area (Å²) in [5, 5.41) is 4.14. The average Bonchev–Trinajstić information content (AvgIpc) is 2.77. The van der Waals surface area contributed by atoms with Crippen LogP contribution in [0, 0.1) is 0 Å². The van der Waals surface area contributed by atoms with Gasteiger partial charge in [-0.1, -0.05) is 0 Å². The molecule has 1 saturated heterocycles. The van der Waals surface area contributed by atoms with Crippen molar-refractivity contribution >= 4 is 5.91 Å². The monoisotopic (exact) mass is 221 g/mol. The van der Waals surface area contributed by atoms with Crippen LogP contribution in [0.4, 0.5) is 0 Å². The molecule has 1 aliphatic rings. The third-order valence-electron chi connectivity index (χ3n) is 3.30. The zero-order chi connectivity index (χ0) is 11.5. The van der Waals surface area contributed by atoms with E-state index in [0.29, 0.717) is 6.04 Å². The van der Waals surface area contributed by atoms with Crippen LogP contribution >= 0.6 is 0 Å². The van der Waals surface area contributed by atoms with Crippen LogP contribution in [0.15, 0.2) is 12.3 Å². The van der Waals surface area contributed by atoms with Gasteiger partial charge in [0.1, 0.15) is 5.69 Å². The summed E-state index contributed by atoms with van der Waals surface area (Å²) in [7, 11) is 0. The van der Waals surface area contributed by atoms with E-state index in [-0.39, 0.29) is 5.91 Å². The number of likely N-dealkylation sites (tertiary alicyclic amines) is 1. The van der Waals surface area contributed by atoms with E-state index in [1.807, 2.05) is 17.9 Å². The Morgan fingerprint density at radius 3 is 3.06 bits per heavy atom. The Bertz CT molecular complexity index is 372. The van der Waals surface area contributed by atoms with Gasteiger partial charge in [0.25, 0.3) is 5.91 Å². The van der Waals surface area contributed by atoms with E-state index in [0.717, 1.165) is 31.6 Å². The molecule has 88 valence electrons. The summed E-state index contributed by atoms with van der Waals surface area (Å²) in [5.74, 6) is 0.131. The maximum atomic E-state index is 12.3. The average molecular weight is 221 g/mol. The van der Waals surface area contributed by atoms with Gasteiger partial charge in [0.2, 0.25) is 0 Å². The summed E-state index contributed by atoms with van der Waals surface area (Å²) < 4.78 is 1.77. The molecule has 0 unspecified atom stereocenters.